The number of hydrogen-bond acceptors (Lipinski definition) is 1. The van der Waals surface area contributed by atoms with Gasteiger partial charge in [-0.1, -0.05) is 39.3 Å². The van der Waals surface area contributed by atoms with Crippen LogP contribution >= 0.6 is 0 Å². The molecule has 1 nitrogen and oxygen atoms in total. The van der Waals surface area contributed by atoms with Crippen molar-refractivity contribution in [1.29, 1.82) is 0 Å². The molecule has 0 N–H and O–H groups in total. The van der Waals surface area contributed by atoms with Gasteiger partial charge in [-0.3, -0.25) is 6.58 Å². The second-order valence-corrected chi connectivity index (χ2v) is 2.85. The normalized spacial score (nSPS) is 9.00. The van der Waals surface area contributed by atoms with Gasteiger partial charge in [0.05, 0.1) is 0 Å². The fourth-order valence-electron chi connectivity index (χ4n) is 0.956. The molecule has 0 atom stereocenters. The van der Waals surface area contributed by atoms with E-state index in [-0.39, 0.29) is 19.5 Å². The molecule has 15 heavy (non-hydrogen) atoms. The Bertz CT molecular complexity index is 255. The van der Waals surface area contributed by atoms with Crippen LogP contribution in [0.3, 0.4) is 0 Å². The number of hydrogen-bond donors (Lipinski definition) is 0. The molecule has 2 heteroatoms. The summed E-state index contributed by atoms with van der Waals surface area (Å²) < 4.78 is 0. The van der Waals surface area contributed by atoms with Crippen LogP contribution in [0.1, 0.15) is 32.2 Å². The van der Waals surface area contributed by atoms with E-state index in [0.29, 0.717) is 0 Å². The molecule has 0 aliphatic carbocycles. The van der Waals surface area contributed by atoms with Gasteiger partial charge in [-0.05, 0) is 0 Å². The Morgan fingerprint density at radius 3 is 2.33 bits per heavy atom. The number of aryl methyl sites for hydroxylation is 2. The predicted molar refractivity (Wildman–Crippen MR) is 62.3 cm³/mol. The van der Waals surface area contributed by atoms with Gasteiger partial charge in [0.1, 0.15) is 0 Å². The first-order chi connectivity index (χ1) is 6.78. The molecule has 0 radical (unpaired) electrons. The minimum atomic E-state index is 0. The molecule has 84 valence electrons. The summed E-state index contributed by atoms with van der Waals surface area (Å²) in [5.41, 5.74) is 2.43. The molecule has 0 fully saturated rings. The smallest absolute Gasteiger partial charge is 0.396 e. The number of rotatable bonds is 3. The van der Waals surface area contributed by atoms with E-state index >= 15 is 0 Å². The van der Waals surface area contributed by atoms with Gasteiger partial charge in [-0.25, -0.2) is 12.2 Å². The van der Waals surface area contributed by atoms with Crippen LogP contribution in [0.15, 0.2) is 30.4 Å². The average Bonchev–Trinajstić information content (AvgIpc) is 2.67. The van der Waals surface area contributed by atoms with Crippen LogP contribution < -0.4 is 0 Å². The average molecular weight is 290 g/mol. The van der Waals surface area contributed by atoms with Gasteiger partial charge < -0.3 is 4.98 Å². The Hall–Kier alpha value is -0.617. The Morgan fingerprint density at radius 1 is 1.47 bits per heavy atom. The van der Waals surface area contributed by atoms with Crippen molar-refractivity contribution in [2.24, 2.45) is 0 Å². The summed E-state index contributed by atoms with van der Waals surface area (Å²) in [6, 6.07) is 4.19. The predicted octanol–water partition coefficient (Wildman–Crippen LogP) is 3.47. The Morgan fingerprint density at radius 2 is 2.13 bits per heavy atom. The number of aromatic nitrogens is 1. The van der Waals surface area contributed by atoms with E-state index in [1.54, 1.807) is 6.08 Å². The molecule has 0 aliphatic heterocycles. The van der Waals surface area contributed by atoms with Crippen LogP contribution in [0, 0.1) is 6.58 Å². The Labute approximate surface area is 106 Å². The van der Waals surface area contributed by atoms with Crippen molar-refractivity contribution >= 4 is 0 Å². The zero-order chi connectivity index (χ0) is 10.8. The molecule has 0 aliphatic rings. The molecular weight excluding hydrogens is 271 g/mol. The summed E-state index contributed by atoms with van der Waals surface area (Å²) in [7, 11) is 0. The van der Waals surface area contributed by atoms with Gasteiger partial charge in [0.2, 0.25) is 0 Å². The summed E-state index contributed by atoms with van der Waals surface area (Å²) in [6.45, 7) is 11.1. The molecule has 0 saturated carbocycles. The molecule has 0 bridgehead atoms. The minimum absolute atomic E-state index is 0. The van der Waals surface area contributed by atoms with Crippen molar-refractivity contribution in [2.75, 3.05) is 0 Å². The molecule has 1 aromatic rings. The Balaban J connectivity index is 0. The van der Waals surface area contributed by atoms with E-state index in [4.69, 9.17) is 6.58 Å². The summed E-state index contributed by atoms with van der Waals surface area (Å²) in [5, 5.41) is 0. The first kappa shape index (κ1) is 16.8. The van der Waals surface area contributed by atoms with Crippen molar-refractivity contribution in [2.45, 2.75) is 33.6 Å². The molecule has 0 spiro atoms. The SMILES string of the molecule is CCc1cc[c-](CC)n1.[CH-]=CC=CC.[Ru+2]. The van der Waals surface area contributed by atoms with Crippen molar-refractivity contribution in [3.63, 3.8) is 0 Å². The van der Waals surface area contributed by atoms with E-state index < -0.39 is 0 Å². The molecule has 0 saturated heterocycles. The van der Waals surface area contributed by atoms with E-state index in [9.17, 15) is 0 Å². The van der Waals surface area contributed by atoms with Gasteiger partial charge in [-0.2, -0.15) is 18.2 Å². The second kappa shape index (κ2) is 11.5. The second-order valence-electron chi connectivity index (χ2n) is 2.85. The van der Waals surface area contributed by atoms with Gasteiger partial charge in [0.15, 0.2) is 0 Å². The van der Waals surface area contributed by atoms with E-state index in [0.717, 1.165) is 12.8 Å². The van der Waals surface area contributed by atoms with Crippen LogP contribution in [0.4, 0.5) is 0 Å². The van der Waals surface area contributed by atoms with Crippen LogP contribution in [0.25, 0.3) is 0 Å². The van der Waals surface area contributed by atoms with E-state index in [1.165, 1.54) is 17.5 Å². The summed E-state index contributed by atoms with van der Waals surface area (Å²) in [5.74, 6) is 0. The van der Waals surface area contributed by atoms with Crippen LogP contribution in [-0.4, -0.2) is 4.98 Å². The summed E-state index contributed by atoms with van der Waals surface area (Å²) in [4.78, 5) is 4.35. The third kappa shape index (κ3) is 8.38. The fraction of sp³-hybridized carbons (Fsp3) is 0.385. The number of nitrogens with zero attached hydrogens (tertiary/aromatic N) is 1. The third-order valence-electron chi connectivity index (χ3n) is 1.78. The van der Waals surface area contributed by atoms with Crippen LogP contribution in [-0.2, 0) is 32.3 Å². The topological polar surface area (TPSA) is 12.9 Å². The molecular formula is C13H19NRu. The quantitative estimate of drug-likeness (QED) is 0.472. The molecule has 0 amide bonds. The minimum Gasteiger partial charge on any atom is -0.396 e. The van der Waals surface area contributed by atoms with Crippen molar-refractivity contribution in [1.82, 2.24) is 4.98 Å². The summed E-state index contributed by atoms with van der Waals surface area (Å²) in [6.07, 6.45) is 7.26. The van der Waals surface area contributed by atoms with Crippen LogP contribution in [0.2, 0.25) is 0 Å². The first-order valence-electron chi connectivity index (χ1n) is 5.06. The summed E-state index contributed by atoms with van der Waals surface area (Å²) >= 11 is 0. The van der Waals surface area contributed by atoms with E-state index in [2.05, 4.69) is 31.0 Å². The molecule has 0 unspecified atom stereocenters. The van der Waals surface area contributed by atoms with Gasteiger partial charge in [0, 0.05) is 0 Å². The van der Waals surface area contributed by atoms with Crippen molar-refractivity contribution in [3.8, 4) is 0 Å². The van der Waals surface area contributed by atoms with Gasteiger partial charge >= 0.3 is 19.5 Å². The molecule has 1 rings (SSSR count). The van der Waals surface area contributed by atoms with Gasteiger partial charge in [0.25, 0.3) is 0 Å². The maximum Gasteiger partial charge on any atom is 2.00 e. The molecule has 0 aromatic carbocycles. The zero-order valence-electron chi connectivity index (χ0n) is 9.68. The van der Waals surface area contributed by atoms with E-state index in [1.807, 2.05) is 13.0 Å². The van der Waals surface area contributed by atoms with Crippen molar-refractivity contribution < 1.29 is 19.5 Å². The molecule has 1 heterocycles. The first-order valence-corrected chi connectivity index (χ1v) is 5.06. The standard InChI is InChI=1S/C8H12N.C5H7.Ru/c1-3-7-5-6-8(4-2)9-7;1-3-5-4-2;/h5-6H,3-4H2,1-2H3;1,3-5H,2H3;/q2*-1;+2. The monoisotopic (exact) mass is 291 g/mol. The fourth-order valence-corrected chi connectivity index (χ4v) is 0.956. The zero-order valence-corrected chi connectivity index (χ0v) is 11.4. The number of allylic oxidation sites excluding steroid dienone is 3. The largest absolute Gasteiger partial charge is 2.00 e. The maximum atomic E-state index is 4.93. The van der Waals surface area contributed by atoms with Gasteiger partial charge in [-0.15, -0.1) is 5.69 Å². The van der Waals surface area contributed by atoms with Crippen LogP contribution in [0.5, 0.6) is 0 Å². The third-order valence-corrected chi connectivity index (χ3v) is 1.78. The Kier molecular flexibility index (Phi) is 12.8. The van der Waals surface area contributed by atoms with Crippen molar-refractivity contribution in [3.05, 3.63) is 48.3 Å². The maximum absolute atomic E-state index is 4.93. The molecule has 1 aromatic heterocycles.